The second-order valence-corrected chi connectivity index (χ2v) is 4.41. The summed E-state index contributed by atoms with van der Waals surface area (Å²) in [7, 11) is 0. The maximum absolute atomic E-state index is 4.31. The standard InChI is InChI=1S/C12H11N5S/c1-18-12-13-8-7-10-15-16-11(17(10)12)14-9-5-3-2-4-6-9/h2-8H,1H3,(H,14,16). The normalized spacial score (nSPS) is 10.7. The molecule has 1 N–H and O–H groups in total. The first kappa shape index (κ1) is 11.0. The molecule has 1 aromatic carbocycles. The zero-order chi connectivity index (χ0) is 12.4. The van der Waals surface area contributed by atoms with E-state index < -0.39 is 0 Å². The Labute approximate surface area is 108 Å². The van der Waals surface area contributed by atoms with Crippen LogP contribution < -0.4 is 5.32 Å². The molecule has 0 amide bonds. The monoisotopic (exact) mass is 257 g/mol. The first-order valence-electron chi connectivity index (χ1n) is 5.44. The van der Waals surface area contributed by atoms with E-state index in [1.165, 1.54) is 0 Å². The number of aromatic nitrogens is 4. The van der Waals surface area contributed by atoms with Gasteiger partial charge in [0.1, 0.15) is 0 Å². The number of nitrogens with one attached hydrogen (secondary N) is 1. The molecule has 18 heavy (non-hydrogen) atoms. The average molecular weight is 257 g/mol. The third-order valence-electron chi connectivity index (χ3n) is 2.50. The Bertz CT molecular complexity index is 665. The van der Waals surface area contributed by atoms with Crippen LogP contribution in [-0.2, 0) is 0 Å². The molecule has 0 atom stereocenters. The van der Waals surface area contributed by atoms with Gasteiger partial charge in [0, 0.05) is 18.0 Å². The van der Waals surface area contributed by atoms with Crippen LogP contribution in [0.1, 0.15) is 0 Å². The van der Waals surface area contributed by atoms with Gasteiger partial charge in [-0.25, -0.2) is 9.38 Å². The average Bonchev–Trinajstić information content (AvgIpc) is 2.83. The number of nitrogens with zero attached hydrogens (tertiary/aromatic N) is 4. The Kier molecular flexibility index (Phi) is 2.85. The van der Waals surface area contributed by atoms with Gasteiger partial charge in [-0.05, 0) is 18.4 Å². The maximum Gasteiger partial charge on any atom is 0.235 e. The van der Waals surface area contributed by atoms with E-state index in [1.807, 2.05) is 47.1 Å². The lowest BCUT2D eigenvalue weighted by Crippen LogP contribution is -2.00. The predicted octanol–water partition coefficient (Wildman–Crippen LogP) is 2.59. The highest BCUT2D eigenvalue weighted by Crippen LogP contribution is 2.20. The van der Waals surface area contributed by atoms with E-state index in [0.29, 0.717) is 5.95 Å². The van der Waals surface area contributed by atoms with Crippen molar-refractivity contribution in [1.82, 2.24) is 19.6 Å². The van der Waals surface area contributed by atoms with E-state index in [2.05, 4.69) is 20.5 Å². The highest BCUT2D eigenvalue weighted by atomic mass is 32.2. The fraction of sp³-hybridized carbons (Fsp3) is 0.0833. The molecule has 2 heterocycles. The van der Waals surface area contributed by atoms with E-state index >= 15 is 0 Å². The zero-order valence-electron chi connectivity index (χ0n) is 9.74. The summed E-state index contributed by atoms with van der Waals surface area (Å²) in [6.07, 6.45) is 3.72. The molecule has 2 aromatic heterocycles. The summed E-state index contributed by atoms with van der Waals surface area (Å²) in [4.78, 5) is 4.31. The summed E-state index contributed by atoms with van der Waals surface area (Å²) in [5, 5.41) is 12.4. The number of hydrogen-bond donors (Lipinski definition) is 1. The van der Waals surface area contributed by atoms with E-state index in [-0.39, 0.29) is 0 Å². The molecule has 0 aliphatic heterocycles. The Hall–Kier alpha value is -2.08. The molecular formula is C12H11N5S. The van der Waals surface area contributed by atoms with Crippen LogP contribution in [0.5, 0.6) is 0 Å². The quantitative estimate of drug-likeness (QED) is 0.577. The third kappa shape index (κ3) is 1.91. The van der Waals surface area contributed by atoms with Gasteiger partial charge in [-0.1, -0.05) is 30.0 Å². The van der Waals surface area contributed by atoms with Gasteiger partial charge in [0.15, 0.2) is 10.8 Å². The largest absolute Gasteiger partial charge is 0.324 e. The van der Waals surface area contributed by atoms with Crippen molar-refractivity contribution >= 4 is 29.0 Å². The lowest BCUT2D eigenvalue weighted by Gasteiger charge is -2.06. The summed E-state index contributed by atoms with van der Waals surface area (Å²) >= 11 is 1.56. The van der Waals surface area contributed by atoms with E-state index in [0.717, 1.165) is 16.5 Å². The molecule has 0 saturated heterocycles. The second kappa shape index (κ2) is 4.66. The molecule has 0 radical (unpaired) electrons. The molecule has 0 unspecified atom stereocenters. The first-order chi connectivity index (χ1) is 8.88. The Morgan fingerprint density at radius 3 is 2.72 bits per heavy atom. The highest BCUT2D eigenvalue weighted by molar-refractivity contribution is 7.98. The zero-order valence-corrected chi connectivity index (χ0v) is 10.6. The van der Waals surface area contributed by atoms with Gasteiger partial charge < -0.3 is 5.32 Å². The van der Waals surface area contributed by atoms with Crippen molar-refractivity contribution in [2.45, 2.75) is 5.16 Å². The van der Waals surface area contributed by atoms with Crippen molar-refractivity contribution < 1.29 is 0 Å². The molecular weight excluding hydrogens is 246 g/mol. The van der Waals surface area contributed by atoms with Crippen molar-refractivity contribution in [3.63, 3.8) is 0 Å². The summed E-state index contributed by atoms with van der Waals surface area (Å²) in [6.45, 7) is 0. The molecule has 6 heteroatoms. The van der Waals surface area contributed by atoms with E-state index in [4.69, 9.17) is 0 Å². The minimum Gasteiger partial charge on any atom is -0.324 e. The lowest BCUT2D eigenvalue weighted by atomic mass is 10.3. The number of thioether (sulfide) groups is 1. The predicted molar refractivity (Wildman–Crippen MR) is 72.3 cm³/mol. The van der Waals surface area contributed by atoms with Gasteiger partial charge in [-0.2, -0.15) is 0 Å². The van der Waals surface area contributed by atoms with Gasteiger partial charge in [0.2, 0.25) is 5.95 Å². The Morgan fingerprint density at radius 2 is 1.94 bits per heavy atom. The molecule has 3 aromatic rings. The number of rotatable bonds is 3. The smallest absolute Gasteiger partial charge is 0.235 e. The Morgan fingerprint density at radius 1 is 1.11 bits per heavy atom. The molecule has 0 aliphatic rings. The van der Waals surface area contributed by atoms with Crippen LogP contribution in [0.2, 0.25) is 0 Å². The van der Waals surface area contributed by atoms with Gasteiger partial charge in [0.05, 0.1) is 0 Å². The minimum absolute atomic E-state index is 0.675. The van der Waals surface area contributed by atoms with Crippen LogP contribution in [0.4, 0.5) is 11.6 Å². The van der Waals surface area contributed by atoms with Gasteiger partial charge >= 0.3 is 0 Å². The van der Waals surface area contributed by atoms with Gasteiger partial charge in [-0.3, -0.25) is 0 Å². The molecule has 0 bridgehead atoms. The van der Waals surface area contributed by atoms with Crippen LogP contribution in [-0.4, -0.2) is 25.8 Å². The third-order valence-corrected chi connectivity index (χ3v) is 3.15. The van der Waals surface area contributed by atoms with Crippen LogP contribution in [0.3, 0.4) is 0 Å². The van der Waals surface area contributed by atoms with Gasteiger partial charge in [-0.15, -0.1) is 10.2 Å². The lowest BCUT2D eigenvalue weighted by molar-refractivity contribution is 0.907. The molecule has 0 spiro atoms. The summed E-state index contributed by atoms with van der Waals surface area (Å²) in [5.74, 6) is 0.675. The van der Waals surface area contributed by atoms with Crippen LogP contribution >= 0.6 is 11.8 Å². The Balaban J connectivity index is 2.07. The van der Waals surface area contributed by atoms with Crippen molar-refractivity contribution in [2.24, 2.45) is 0 Å². The maximum atomic E-state index is 4.31. The molecule has 0 saturated carbocycles. The SMILES string of the molecule is CSc1nccc2nnc(Nc3ccccc3)n12. The highest BCUT2D eigenvalue weighted by Gasteiger charge is 2.09. The topological polar surface area (TPSA) is 55.1 Å². The molecule has 90 valence electrons. The number of anilines is 2. The number of benzene rings is 1. The summed E-state index contributed by atoms with van der Waals surface area (Å²) in [5.41, 5.74) is 1.76. The van der Waals surface area contributed by atoms with E-state index in [9.17, 15) is 0 Å². The fourth-order valence-electron chi connectivity index (χ4n) is 1.69. The summed E-state index contributed by atoms with van der Waals surface area (Å²) in [6, 6.07) is 11.7. The van der Waals surface area contributed by atoms with E-state index in [1.54, 1.807) is 18.0 Å². The first-order valence-corrected chi connectivity index (χ1v) is 6.67. The molecule has 0 aliphatic carbocycles. The van der Waals surface area contributed by atoms with Crippen LogP contribution in [0.15, 0.2) is 47.8 Å². The number of fused-ring (bicyclic) bond motifs is 1. The van der Waals surface area contributed by atoms with Gasteiger partial charge in [0.25, 0.3) is 0 Å². The molecule has 3 rings (SSSR count). The van der Waals surface area contributed by atoms with Crippen molar-refractivity contribution in [1.29, 1.82) is 0 Å². The summed E-state index contributed by atoms with van der Waals surface area (Å²) < 4.78 is 1.90. The number of para-hydroxylation sites is 1. The fourth-order valence-corrected chi connectivity index (χ4v) is 2.22. The van der Waals surface area contributed by atoms with Crippen molar-refractivity contribution in [3.8, 4) is 0 Å². The minimum atomic E-state index is 0.675. The van der Waals surface area contributed by atoms with Crippen molar-refractivity contribution in [3.05, 3.63) is 42.6 Å². The molecule has 0 fully saturated rings. The van der Waals surface area contributed by atoms with Crippen LogP contribution in [0, 0.1) is 0 Å². The van der Waals surface area contributed by atoms with Crippen molar-refractivity contribution in [2.75, 3.05) is 11.6 Å². The van der Waals surface area contributed by atoms with Crippen LogP contribution in [0.25, 0.3) is 5.65 Å². The second-order valence-electron chi connectivity index (χ2n) is 3.64. The molecule has 5 nitrogen and oxygen atoms in total. The number of hydrogen-bond acceptors (Lipinski definition) is 5.